The van der Waals surface area contributed by atoms with Gasteiger partial charge in [0.1, 0.15) is 0 Å². The highest BCUT2D eigenvalue weighted by atomic mass is 14.9. The van der Waals surface area contributed by atoms with Gasteiger partial charge < -0.3 is 11.1 Å². The van der Waals surface area contributed by atoms with E-state index in [9.17, 15) is 0 Å². The fourth-order valence-electron chi connectivity index (χ4n) is 2.96. The lowest BCUT2D eigenvalue weighted by Gasteiger charge is -2.22. The maximum Gasteiger partial charge on any atom is -0.00205 e. The van der Waals surface area contributed by atoms with E-state index in [-0.39, 0.29) is 0 Å². The molecule has 0 bridgehead atoms. The van der Waals surface area contributed by atoms with Crippen molar-refractivity contribution in [1.82, 2.24) is 5.32 Å². The minimum Gasteiger partial charge on any atom is -0.333 e. The molecule has 0 amide bonds. The monoisotopic (exact) mass is 256 g/mol. The first-order chi connectivity index (χ1) is 8.86. The van der Waals surface area contributed by atoms with E-state index < -0.39 is 0 Å². The molecule has 0 radical (unpaired) electrons. The molecule has 0 heterocycles. The molecule has 2 heteroatoms. The van der Waals surface area contributed by atoms with Gasteiger partial charge in [0, 0.05) is 0 Å². The second-order valence-electron chi connectivity index (χ2n) is 5.56. The first kappa shape index (κ1) is 17.9. The number of nitrogens with two attached hydrogens (primary N) is 1. The van der Waals surface area contributed by atoms with Crippen LogP contribution < -0.4 is 11.1 Å². The van der Waals surface area contributed by atoms with Crippen molar-refractivity contribution in [3.05, 3.63) is 0 Å². The molecule has 2 nitrogen and oxygen atoms in total. The molecule has 1 fully saturated rings. The zero-order valence-electron chi connectivity index (χ0n) is 13.0. The molecule has 0 saturated heterocycles. The van der Waals surface area contributed by atoms with E-state index in [1.807, 2.05) is 0 Å². The van der Waals surface area contributed by atoms with Crippen LogP contribution in [0.15, 0.2) is 0 Å². The Morgan fingerprint density at radius 1 is 1.06 bits per heavy atom. The van der Waals surface area contributed by atoms with E-state index >= 15 is 0 Å². The van der Waals surface area contributed by atoms with Crippen molar-refractivity contribution in [1.29, 1.82) is 0 Å². The fourth-order valence-corrected chi connectivity index (χ4v) is 2.96. The van der Waals surface area contributed by atoms with Gasteiger partial charge in [-0.15, -0.1) is 0 Å². The highest BCUT2D eigenvalue weighted by Gasteiger charge is 2.12. The van der Waals surface area contributed by atoms with Gasteiger partial charge in [0.25, 0.3) is 0 Å². The summed E-state index contributed by atoms with van der Waals surface area (Å²) < 4.78 is 0. The summed E-state index contributed by atoms with van der Waals surface area (Å²) in [4.78, 5) is 0. The van der Waals surface area contributed by atoms with Crippen molar-refractivity contribution in [3.8, 4) is 0 Å². The predicted molar refractivity (Wildman–Crippen MR) is 82.9 cm³/mol. The standard InChI is InChI=1S/C15H31N.CH5N/c1-3-8-14(4-2)11-12-16-13-15-9-6-5-7-10-15;1-2/h14-16H,3-13H2,1-2H3;2H2,1H3. The summed E-state index contributed by atoms with van der Waals surface area (Å²) in [5.74, 6) is 1.95. The predicted octanol–water partition coefficient (Wildman–Crippen LogP) is 3.95. The van der Waals surface area contributed by atoms with Crippen molar-refractivity contribution >= 4 is 0 Å². The molecule has 1 aliphatic carbocycles. The van der Waals surface area contributed by atoms with E-state index in [0.29, 0.717) is 0 Å². The van der Waals surface area contributed by atoms with Crippen LogP contribution in [0.1, 0.15) is 71.6 Å². The van der Waals surface area contributed by atoms with Gasteiger partial charge in [-0.05, 0) is 51.2 Å². The average molecular weight is 256 g/mol. The smallest absolute Gasteiger partial charge is 0.00205 e. The van der Waals surface area contributed by atoms with Gasteiger partial charge in [-0.1, -0.05) is 52.4 Å². The normalized spacial score (nSPS) is 18.0. The Morgan fingerprint density at radius 3 is 2.28 bits per heavy atom. The van der Waals surface area contributed by atoms with Crippen molar-refractivity contribution < 1.29 is 0 Å². The molecule has 0 aliphatic heterocycles. The van der Waals surface area contributed by atoms with Crippen LogP contribution in [0.4, 0.5) is 0 Å². The molecule has 3 N–H and O–H groups in total. The third-order valence-corrected chi connectivity index (χ3v) is 4.16. The number of nitrogens with one attached hydrogen (secondary N) is 1. The van der Waals surface area contributed by atoms with Crippen molar-refractivity contribution in [2.24, 2.45) is 17.6 Å². The van der Waals surface area contributed by atoms with Gasteiger partial charge in [-0.2, -0.15) is 0 Å². The van der Waals surface area contributed by atoms with Crippen LogP contribution >= 0.6 is 0 Å². The Bertz CT molecular complexity index is 146. The lowest BCUT2D eigenvalue weighted by molar-refractivity contribution is 0.333. The summed E-state index contributed by atoms with van der Waals surface area (Å²) in [7, 11) is 1.50. The molecule has 1 unspecified atom stereocenters. The molecule has 0 aromatic carbocycles. The second kappa shape index (κ2) is 13.4. The van der Waals surface area contributed by atoms with Gasteiger partial charge in [-0.3, -0.25) is 0 Å². The van der Waals surface area contributed by atoms with Crippen molar-refractivity contribution in [3.63, 3.8) is 0 Å². The maximum absolute atomic E-state index is 4.50. The maximum atomic E-state index is 4.50. The third kappa shape index (κ3) is 8.93. The van der Waals surface area contributed by atoms with E-state index in [1.165, 1.54) is 77.9 Å². The Kier molecular flexibility index (Phi) is 13.3. The largest absolute Gasteiger partial charge is 0.333 e. The SMILES string of the molecule is CCCC(CC)CCNCC1CCCCC1.CN. The molecule has 0 aromatic rings. The molecule has 1 atom stereocenters. The zero-order chi connectivity index (χ0) is 13.6. The average Bonchev–Trinajstić information content (AvgIpc) is 2.45. The molecule has 1 saturated carbocycles. The molecule has 0 aromatic heterocycles. The second-order valence-corrected chi connectivity index (χ2v) is 5.56. The van der Waals surface area contributed by atoms with Gasteiger partial charge in [0.2, 0.25) is 0 Å². The molecule has 0 spiro atoms. The van der Waals surface area contributed by atoms with E-state index in [1.54, 1.807) is 0 Å². The molecular weight excluding hydrogens is 220 g/mol. The first-order valence-electron chi connectivity index (χ1n) is 8.15. The zero-order valence-corrected chi connectivity index (χ0v) is 13.0. The first-order valence-corrected chi connectivity index (χ1v) is 8.15. The Morgan fingerprint density at radius 2 is 1.72 bits per heavy atom. The molecule has 1 aliphatic rings. The van der Waals surface area contributed by atoms with Crippen LogP contribution in [0.5, 0.6) is 0 Å². The molecule has 110 valence electrons. The van der Waals surface area contributed by atoms with Crippen LogP contribution in [-0.4, -0.2) is 20.1 Å². The van der Waals surface area contributed by atoms with Crippen LogP contribution in [-0.2, 0) is 0 Å². The van der Waals surface area contributed by atoms with E-state index in [0.717, 1.165) is 11.8 Å². The van der Waals surface area contributed by atoms with Gasteiger partial charge in [-0.25, -0.2) is 0 Å². The van der Waals surface area contributed by atoms with E-state index in [2.05, 4.69) is 24.9 Å². The summed E-state index contributed by atoms with van der Waals surface area (Å²) in [6, 6.07) is 0. The minimum atomic E-state index is 0.962. The topological polar surface area (TPSA) is 38.0 Å². The highest BCUT2D eigenvalue weighted by molar-refractivity contribution is 4.68. The fraction of sp³-hybridized carbons (Fsp3) is 1.00. The minimum absolute atomic E-state index is 0.962. The lowest BCUT2D eigenvalue weighted by atomic mass is 9.89. The number of hydrogen-bond acceptors (Lipinski definition) is 2. The number of rotatable bonds is 8. The molecular formula is C16H36N2. The summed E-state index contributed by atoms with van der Waals surface area (Å²) in [5, 5.41) is 3.68. The third-order valence-electron chi connectivity index (χ3n) is 4.16. The van der Waals surface area contributed by atoms with Crippen LogP contribution in [0, 0.1) is 11.8 Å². The van der Waals surface area contributed by atoms with Crippen LogP contribution in [0.3, 0.4) is 0 Å². The van der Waals surface area contributed by atoms with Crippen molar-refractivity contribution in [2.45, 2.75) is 71.6 Å². The van der Waals surface area contributed by atoms with Crippen LogP contribution in [0.25, 0.3) is 0 Å². The molecule has 1 rings (SSSR count). The van der Waals surface area contributed by atoms with Crippen molar-refractivity contribution in [2.75, 3.05) is 20.1 Å². The number of hydrogen-bond donors (Lipinski definition) is 2. The quantitative estimate of drug-likeness (QED) is 0.645. The van der Waals surface area contributed by atoms with Crippen LogP contribution in [0.2, 0.25) is 0 Å². The van der Waals surface area contributed by atoms with Gasteiger partial charge in [0.15, 0.2) is 0 Å². The lowest BCUT2D eigenvalue weighted by Crippen LogP contribution is -2.26. The summed E-state index contributed by atoms with van der Waals surface area (Å²) in [6.07, 6.45) is 12.9. The van der Waals surface area contributed by atoms with E-state index in [4.69, 9.17) is 0 Å². The van der Waals surface area contributed by atoms with Gasteiger partial charge >= 0.3 is 0 Å². The summed E-state index contributed by atoms with van der Waals surface area (Å²) in [6.45, 7) is 7.16. The Labute approximate surface area is 115 Å². The van der Waals surface area contributed by atoms with Gasteiger partial charge in [0.05, 0.1) is 0 Å². The molecule has 18 heavy (non-hydrogen) atoms. The summed E-state index contributed by atoms with van der Waals surface area (Å²) >= 11 is 0. The summed E-state index contributed by atoms with van der Waals surface area (Å²) in [5.41, 5.74) is 4.50. The Hall–Kier alpha value is -0.0800. The Balaban J connectivity index is 0.00000137. The highest BCUT2D eigenvalue weighted by Crippen LogP contribution is 2.22.